The molecule has 1 heteroatoms. The fraction of sp³-hybridized carbons (Fsp3) is 0.500. The van der Waals surface area contributed by atoms with E-state index >= 15 is 0 Å². The van der Waals surface area contributed by atoms with Crippen molar-refractivity contribution in [1.29, 1.82) is 0 Å². The first-order chi connectivity index (χ1) is 6.19. The molecular formula is C12H16O. The maximum atomic E-state index is 9.35. The summed E-state index contributed by atoms with van der Waals surface area (Å²) >= 11 is 0. The molecular weight excluding hydrogens is 160 g/mol. The Labute approximate surface area is 79.4 Å². The van der Waals surface area contributed by atoms with Crippen LogP contribution in [0, 0.1) is 12.8 Å². The summed E-state index contributed by atoms with van der Waals surface area (Å²) in [5.41, 5.74) is 2.67. The van der Waals surface area contributed by atoms with E-state index in [1.54, 1.807) is 0 Å². The SMILES string of the molecule is Cc1ccc(C2(CO)CC2C)cc1. The van der Waals surface area contributed by atoms with E-state index in [1.807, 2.05) is 0 Å². The standard InChI is InChI=1S/C12H16O/c1-9-3-5-11(6-4-9)12(8-13)7-10(12)2/h3-6,10,13H,7-8H2,1-2H3. The molecule has 1 saturated carbocycles. The molecule has 1 aliphatic carbocycles. The molecule has 2 unspecified atom stereocenters. The lowest BCUT2D eigenvalue weighted by molar-refractivity contribution is 0.247. The summed E-state index contributed by atoms with van der Waals surface area (Å²) in [4.78, 5) is 0. The summed E-state index contributed by atoms with van der Waals surface area (Å²) in [6, 6.07) is 8.54. The largest absolute Gasteiger partial charge is 0.395 e. The van der Waals surface area contributed by atoms with Crippen LogP contribution in [0.1, 0.15) is 24.5 Å². The highest BCUT2D eigenvalue weighted by atomic mass is 16.3. The van der Waals surface area contributed by atoms with E-state index in [9.17, 15) is 5.11 Å². The smallest absolute Gasteiger partial charge is 0.0530 e. The molecule has 1 aromatic carbocycles. The number of hydrogen-bond acceptors (Lipinski definition) is 1. The van der Waals surface area contributed by atoms with Crippen molar-refractivity contribution < 1.29 is 5.11 Å². The predicted molar refractivity (Wildman–Crippen MR) is 53.7 cm³/mol. The molecule has 1 N–H and O–H groups in total. The Morgan fingerprint density at radius 2 is 1.92 bits per heavy atom. The average Bonchev–Trinajstić information content (AvgIpc) is 2.79. The van der Waals surface area contributed by atoms with Crippen LogP contribution in [0.15, 0.2) is 24.3 Å². The molecule has 13 heavy (non-hydrogen) atoms. The van der Waals surface area contributed by atoms with E-state index in [-0.39, 0.29) is 12.0 Å². The van der Waals surface area contributed by atoms with Crippen LogP contribution in [0.3, 0.4) is 0 Å². The molecule has 0 bridgehead atoms. The molecule has 2 rings (SSSR count). The number of aryl methyl sites for hydroxylation is 1. The minimum absolute atomic E-state index is 0.0910. The third kappa shape index (κ3) is 1.28. The molecule has 0 aliphatic heterocycles. The summed E-state index contributed by atoms with van der Waals surface area (Å²) in [5.74, 6) is 0.639. The first-order valence-electron chi connectivity index (χ1n) is 4.87. The van der Waals surface area contributed by atoms with Gasteiger partial charge < -0.3 is 5.11 Å². The van der Waals surface area contributed by atoms with Crippen LogP contribution in [0.25, 0.3) is 0 Å². The predicted octanol–water partition coefficient (Wildman–Crippen LogP) is 2.26. The van der Waals surface area contributed by atoms with Crippen LogP contribution in [0.2, 0.25) is 0 Å². The molecule has 1 aliphatic rings. The van der Waals surface area contributed by atoms with E-state index in [0.717, 1.165) is 6.42 Å². The van der Waals surface area contributed by atoms with E-state index in [4.69, 9.17) is 0 Å². The van der Waals surface area contributed by atoms with Gasteiger partial charge in [-0.1, -0.05) is 36.8 Å². The first-order valence-corrected chi connectivity index (χ1v) is 4.87. The molecule has 1 aromatic rings. The van der Waals surface area contributed by atoms with Crippen LogP contribution in [0.5, 0.6) is 0 Å². The maximum Gasteiger partial charge on any atom is 0.0530 e. The maximum absolute atomic E-state index is 9.35. The second-order valence-corrected chi connectivity index (χ2v) is 4.29. The molecule has 0 heterocycles. The molecule has 1 fully saturated rings. The lowest BCUT2D eigenvalue weighted by Gasteiger charge is -2.13. The topological polar surface area (TPSA) is 20.2 Å². The minimum Gasteiger partial charge on any atom is -0.395 e. The molecule has 0 spiro atoms. The Hall–Kier alpha value is -0.820. The summed E-state index contributed by atoms with van der Waals surface area (Å²) in [6.45, 7) is 4.58. The normalized spacial score (nSPS) is 31.8. The van der Waals surface area contributed by atoms with Crippen molar-refractivity contribution in [2.24, 2.45) is 5.92 Å². The number of rotatable bonds is 2. The minimum atomic E-state index is 0.0910. The van der Waals surface area contributed by atoms with Gasteiger partial charge in [0.1, 0.15) is 0 Å². The van der Waals surface area contributed by atoms with Crippen LogP contribution < -0.4 is 0 Å². The van der Waals surface area contributed by atoms with E-state index in [1.165, 1.54) is 11.1 Å². The highest BCUT2D eigenvalue weighted by Gasteiger charge is 2.51. The monoisotopic (exact) mass is 176 g/mol. The van der Waals surface area contributed by atoms with Crippen molar-refractivity contribution in [3.05, 3.63) is 35.4 Å². The second kappa shape index (κ2) is 2.85. The van der Waals surface area contributed by atoms with Gasteiger partial charge in [0.05, 0.1) is 6.61 Å². The van der Waals surface area contributed by atoms with Crippen molar-refractivity contribution in [2.45, 2.75) is 25.7 Å². The van der Waals surface area contributed by atoms with Gasteiger partial charge in [0.25, 0.3) is 0 Å². The molecule has 2 atom stereocenters. The fourth-order valence-corrected chi connectivity index (χ4v) is 2.09. The lowest BCUT2D eigenvalue weighted by atomic mass is 9.94. The van der Waals surface area contributed by atoms with Gasteiger partial charge in [0, 0.05) is 5.41 Å². The Morgan fingerprint density at radius 3 is 2.31 bits per heavy atom. The van der Waals surface area contributed by atoms with Crippen LogP contribution >= 0.6 is 0 Å². The zero-order valence-corrected chi connectivity index (χ0v) is 8.25. The van der Waals surface area contributed by atoms with Gasteiger partial charge in [-0.05, 0) is 24.8 Å². The van der Waals surface area contributed by atoms with Gasteiger partial charge in [-0.3, -0.25) is 0 Å². The summed E-state index contributed by atoms with van der Waals surface area (Å²) in [7, 11) is 0. The lowest BCUT2D eigenvalue weighted by Crippen LogP contribution is -2.14. The summed E-state index contributed by atoms with van der Waals surface area (Å²) in [5, 5.41) is 9.35. The third-order valence-corrected chi connectivity index (χ3v) is 3.36. The van der Waals surface area contributed by atoms with Gasteiger partial charge in [0.2, 0.25) is 0 Å². The van der Waals surface area contributed by atoms with Crippen molar-refractivity contribution >= 4 is 0 Å². The zero-order chi connectivity index (χ0) is 9.47. The molecule has 0 aromatic heterocycles. The molecule has 0 radical (unpaired) electrons. The van der Waals surface area contributed by atoms with Crippen LogP contribution in [0.4, 0.5) is 0 Å². The Balaban J connectivity index is 2.31. The molecule has 0 saturated heterocycles. The quantitative estimate of drug-likeness (QED) is 0.733. The Morgan fingerprint density at radius 1 is 1.38 bits per heavy atom. The van der Waals surface area contributed by atoms with Crippen LogP contribution in [-0.4, -0.2) is 11.7 Å². The average molecular weight is 176 g/mol. The number of aliphatic hydroxyl groups is 1. The van der Waals surface area contributed by atoms with E-state index < -0.39 is 0 Å². The van der Waals surface area contributed by atoms with Crippen molar-refractivity contribution in [3.8, 4) is 0 Å². The van der Waals surface area contributed by atoms with Crippen LogP contribution in [-0.2, 0) is 5.41 Å². The second-order valence-electron chi connectivity index (χ2n) is 4.29. The van der Waals surface area contributed by atoms with Crippen molar-refractivity contribution in [1.82, 2.24) is 0 Å². The molecule has 70 valence electrons. The third-order valence-electron chi connectivity index (χ3n) is 3.36. The number of hydrogen-bond donors (Lipinski definition) is 1. The summed E-state index contributed by atoms with van der Waals surface area (Å²) in [6.07, 6.45) is 1.13. The van der Waals surface area contributed by atoms with Gasteiger partial charge in [-0.25, -0.2) is 0 Å². The molecule has 0 amide bonds. The highest BCUT2D eigenvalue weighted by Crippen LogP contribution is 2.53. The first kappa shape index (κ1) is 8.76. The van der Waals surface area contributed by atoms with Gasteiger partial charge in [0.15, 0.2) is 0 Å². The Kier molecular flexibility index (Phi) is 1.92. The highest BCUT2D eigenvalue weighted by molar-refractivity contribution is 5.35. The van der Waals surface area contributed by atoms with Gasteiger partial charge in [-0.2, -0.15) is 0 Å². The van der Waals surface area contributed by atoms with Crippen molar-refractivity contribution in [2.75, 3.05) is 6.61 Å². The van der Waals surface area contributed by atoms with Gasteiger partial charge in [-0.15, -0.1) is 0 Å². The fourth-order valence-electron chi connectivity index (χ4n) is 2.09. The molecule has 1 nitrogen and oxygen atoms in total. The Bertz CT molecular complexity index is 297. The number of benzene rings is 1. The van der Waals surface area contributed by atoms with Gasteiger partial charge >= 0.3 is 0 Å². The van der Waals surface area contributed by atoms with Crippen molar-refractivity contribution in [3.63, 3.8) is 0 Å². The number of aliphatic hydroxyl groups excluding tert-OH is 1. The van der Waals surface area contributed by atoms with E-state index in [2.05, 4.69) is 38.1 Å². The van der Waals surface area contributed by atoms with E-state index in [0.29, 0.717) is 5.92 Å². The zero-order valence-electron chi connectivity index (χ0n) is 8.25. The summed E-state index contributed by atoms with van der Waals surface area (Å²) < 4.78 is 0.